The van der Waals surface area contributed by atoms with E-state index < -0.39 is 0 Å². The van der Waals surface area contributed by atoms with Crippen LogP contribution in [-0.2, 0) is 4.74 Å². The van der Waals surface area contributed by atoms with Crippen LogP contribution in [0.5, 0.6) is 0 Å². The van der Waals surface area contributed by atoms with Crippen molar-refractivity contribution in [2.45, 2.75) is 45.4 Å². The summed E-state index contributed by atoms with van der Waals surface area (Å²) in [6.07, 6.45) is 5.27. The molecule has 2 heteroatoms. The smallest absolute Gasteiger partial charge is 0.121 e. The molecule has 2 nitrogen and oxygen atoms in total. The fraction of sp³-hybridized carbons (Fsp3) is 0.533. The first-order valence-corrected chi connectivity index (χ1v) is 6.52. The molecule has 1 aromatic rings. The van der Waals surface area contributed by atoms with Crippen LogP contribution in [-0.4, -0.2) is 11.6 Å². The summed E-state index contributed by atoms with van der Waals surface area (Å²) in [4.78, 5) is 4.72. The number of hydrogen-bond acceptors (Lipinski definition) is 2. The maximum absolute atomic E-state index is 5.44. The largest absolute Gasteiger partial charge is 0.494 e. The van der Waals surface area contributed by atoms with Crippen molar-refractivity contribution in [2.24, 2.45) is 0 Å². The molecule has 0 saturated heterocycles. The Hall–Kier alpha value is -1.31. The number of aryl methyl sites for hydroxylation is 1. The molecule has 0 radical (unpaired) electrons. The summed E-state index contributed by atoms with van der Waals surface area (Å²) in [6, 6.07) is 4.25. The van der Waals surface area contributed by atoms with Gasteiger partial charge in [0.25, 0.3) is 0 Å². The van der Waals surface area contributed by atoms with Crippen LogP contribution in [0.1, 0.15) is 55.5 Å². The maximum atomic E-state index is 5.44. The van der Waals surface area contributed by atoms with Crippen molar-refractivity contribution in [1.29, 1.82) is 0 Å². The van der Waals surface area contributed by atoms with Crippen molar-refractivity contribution in [3.05, 3.63) is 35.7 Å². The van der Waals surface area contributed by atoms with E-state index in [1.165, 1.54) is 31.4 Å². The van der Waals surface area contributed by atoms with Crippen LogP contribution in [0.4, 0.5) is 0 Å². The molecule has 0 unspecified atom stereocenters. The van der Waals surface area contributed by atoms with E-state index in [0.717, 1.165) is 17.0 Å². The third-order valence-corrected chi connectivity index (χ3v) is 3.50. The number of pyridine rings is 1. The summed E-state index contributed by atoms with van der Waals surface area (Å²) in [5.74, 6) is 1.40. The first-order valence-electron chi connectivity index (χ1n) is 6.52. The lowest BCUT2D eigenvalue weighted by Crippen LogP contribution is -2.01. The zero-order chi connectivity index (χ0) is 12.3. The Bertz CT molecular complexity index is 405. The van der Waals surface area contributed by atoms with Crippen LogP contribution >= 0.6 is 0 Å². The number of aromatic nitrogens is 1. The van der Waals surface area contributed by atoms with Gasteiger partial charge in [-0.15, -0.1) is 0 Å². The highest BCUT2D eigenvalue weighted by molar-refractivity contribution is 5.59. The Morgan fingerprint density at radius 3 is 2.71 bits per heavy atom. The van der Waals surface area contributed by atoms with Gasteiger partial charge in [0.05, 0.1) is 6.61 Å². The first kappa shape index (κ1) is 12.2. The van der Waals surface area contributed by atoms with Gasteiger partial charge in [0, 0.05) is 22.9 Å². The summed E-state index contributed by atoms with van der Waals surface area (Å²) in [6.45, 7) is 8.61. The Morgan fingerprint density at radius 1 is 1.41 bits per heavy atom. The Kier molecular flexibility index (Phi) is 3.82. The molecule has 1 aliphatic rings. The molecule has 0 bridgehead atoms. The second-order valence-corrected chi connectivity index (χ2v) is 4.71. The maximum Gasteiger partial charge on any atom is 0.121 e. The van der Waals surface area contributed by atoms with Crippen LogP contribution in [0, 0.1) is 6.92 Å². The number of nitrogens with zero attached hydrogens (tertiary/aromatic N) is 1. The molecule has 0 atom stereocenters. The summed E-state index contributed by atoms with van der Waals surface area (Å²) < 4.78 is 5.44. The molecule has 1 heterocycles. The van der Waals surface area contributed by atoms with Crippen LogP contribution in [0.3, 0.4) is 0 Å². The molecular formula is C15H21NO. The van der Waals surface area contributed by atoms with E-state index in [2.05, 4.69) is 18.7 Å². The highest BCUT2D eigenvalue weighted by Gasteiger charge is 2.19. The van der Waals surface area contributed by atoms with Crippen LogP contribution in [0.2, 0.25) is 0 Å². The minimum atomic E-state index is 0.655. The molecule has 1 saturated carbocycles. The molecule has 1 fully saturated rings. The topological polar surface area (TPSA) is 22.1 Å². The van der Waals surface area contributed by atoms with E-state index in [9.17, 15) is 0 Å². The number of ether oxygens (including phenoxy) is 1. The fourth-order valence-corrected chi connectivity index (χ4v) is 2.58. The molecule has 92 valence electrons. The van der Waals surface area contributed by atoms with Gasteiger partial charge in [0.1, 0.15) is 5.76 Å². The van der Waals surface area contributed by atoms with Gasteiger partial charge in [-0.3, -0.25) is 4.98 Å². The number of rotatable bonds is 4. The molecule has 0 spiro atoms. The lowest BCUT2D eigenvalue weighted by molar-refractivity contribution is 0.299. The second kappa shape index (κ2) is 5.35. The molecule has 1 aromatic heterocycles. The Balaban J connectivity index is 2.19. The van der Waals surface area contributed by atoms with Gasteiger partial charge in [-0.05, 0) is 38.8 Å². The standard InChI is InChI=1S/C15H21NO/c1-4-17-12(3)14-9-10-15(16-11(14)2)13-7-5-6-8-13/h9-10,13H,3-8H2,1-2H3. The van der Waals surface area contributed by atoms with Crippen molar-refractivity contribution < 1.29 is 4.74 Å². The van der Waals surface area contributed by atoms with E-state index in [-0.39, 0.29) is 0 Å². The Morgan fingerprint density at radius 2 is 2.12 bits per heavy atom. The molecular weight excluding hydrogens is 210 g/mol. The quantitative estimate of drug-likeness (QED) is 0.729. The second-order valence-electron chi connectivity index (χ2n) is 4.71. The third kappa shape index (κ3) is 2.68. The van der Waals surface area contributed by atoms with Crippen LogP contribution in [0.15, 0.2) is 18.7 Å². The van der Waals surface area contributed by atoms with Gasteiger partial charge in [-0.1, -0.05) is 19.4 Å². The highest BCUT2D eigenvalue weighted by Crippen LogP contribution is 2.33. The van der Waals surface area contributed by atoms with Crippen LogP contribution < -0.4 is 0 Å². The molecule has 0 N–H and O–H groups in total. The van der Waals surface area contributed by atoms with Gasteiger partial charge in [-0.2, -0.15) is 0 Å². The van der Waals surface area contributed by atoms with E-state index >= 15 is 0 Å². The zero-order valence-electron chi connectivity index (χ0n) is 10.8. The summed E-state index contributed by atoms with van der Waals surface area (Å²) in [5, 5.41) is 0. The van der Waals surface area contributed by atoms with E-state index in [4.69, 9.17) is 9.72 Å². The molecule has 2 rings (SSSR count). The van der Waals surface area contributed by atoms with E-state index in [1.54, 1.807) is 0 Å². The molecule has 17 heavy (non-hydrogen) atoms. The summed E-state index contributed by atoms with van der Waals surface area (Å²) in [5.41, 5.74) is 3.31. The lowest BCUT2D eigenvalue weighted by Gasteiger charge is -2.13. The van der Waals surface area contributed by atoms with E-state index in [1.807, 2.05) is 13.8 Å². The van der Waals surface area contributed by atoms with Gasteiger partial charge in [-0.25, -0.2) is 0 Å². The van der Waals surface area contributed by atoms with Crippen molar-refractivity contribution in [3.8, 4) is 0 Å². The first-order chi connectivity index (χ1) is 8.22. The fourth-order valence-electron chi connectivity index (χ4n) is 2.58. The predicted molar refractivity (Wildman–Crippen MR) is 70.8 cm³/mol. The van der Waals surface area contributed by atoms with Gasteiger partial charge >= 0.3 is 0 Å². The van der Waals surface area contributed by atoms with Gasteiger partial charge < -0.3 is 4.74 Å². The lowest BCUT2D eigenvalue weighted by atomic mass is 10.0. The molecule has 0 aliphatic heterocycles. The normalized spacial score (nSPS) is 16.1. The van der Waals surface area contributed by atoms with Crippen molar-refractivity contribution in [1.82, 2.24) is 4.98 Å². The minimum Gasteiger partial charge on any atom is -0.494 e. The van der Waals surface area contributed by atoms with Crippen LogP contribution in [0.25, 0.3) is 5.76 Å². The highest BCUT2D eigenvalue weighted by atomic mass is 16.5. The Labute approximate surface area is 104 Å². The van der Waals surface area contributed by atoms with Crippen molar-refractivity contribution >= 4 is 5.76 Å². The van der Waals surface area contributed by atoms with Crippen molar-refractivity contribution in [2.75, 3.05) is 6.61 Å². The predicted octanol–water partition coefficient (Wildman–Crippen LogP) is 4.05. The SMILES string of the molecule is C=C(OCC)c1ccc(C2CCCC2)nc1C. The van der Waals surface area contributed by atoms with Crippen molar-refractivity contribution in [3.63, 3.8) is 0 Å². The zero-order valence-corrected chi connectivity index (χ0v) is 10.8. The molecule has 0 aromatic carbocycles. The molecule has 0 amide bonds. The minimum absolute atomic E-state index is 0.655. The molecule has 1 aliphatic carbocycles. The summed E-state index contributed by atoms with van der Waals surface area (Å²) >= 11 is 0. The average Bonchev–Trinajstić information content (AvgIpc) is 2.82. The average molecular weight is 231 g/mol. The van der Waals surface area contributed by atoms with E-state index in [0.29, 0.717) is 12.5 Å². The van der Waals surface area contributed by atoms with Gasteiger partial charge in [0.15, 0.2) is 0 Å². The summed E-state index contributed by atoms with van der Waals surface area (Å²) in [7, 11) is 0. The number of hydrogen-bond donors (Lipinski definition) is 0. The monoisotopic (exact) mass is 231 g/mol. The van der Waals surface area contributed by atoms with Gasteiger partial charge in [0.2, 0.25) is 0 Å². The third-order valence-electron chi connectivity index (χ3n) is 3.50.